The number of nitrogens with one attached hydrogen (secondary N) is 1. The quantitative estimate of drug-likeness (QED) is 0.124. The van der Waals surface area contributed by atoms with E-state index in [9.17, 15) is 22.4 Å². The average molecular weight is 625 g/mol. The molecule has 194 valence electrons. The molecule has 1 amide bonds. The van der Waals surface area contributed by atoms with Gasteiger partial charge in [0.15, 0.2) is 23.3 Å². The number of piperidine rings is 3. The smallest absolute Gasteiger partial charge is 0.256 e. The number of amides is 1. The Morgan fingerprint density at radius 3 is 2.65 bits per heavy atom. The molecule has 3 aromatic rings. The molecule has 3 saturated heterocycles. The van der Waals surface area contributed by atoms with E-state index in [4.69, 9.17) is 4.74 Å². The van der Waals surface area contributed by atoms with Gasteiger partial charge in [-0.3, -0.25) is 14.7 Å². The molecule has 3 aliphatic rings. The molecule has 4 heterocycles. The zero-order valence-corrected chi connectivity index (χ0v) is 22.1. The van der Waals surface area contributed by atoms with Gasteiger partial charge in [0.2, 0.25) is 0 Å². The van der Waals surface area contributed by atoms with Crippen LogP contribution in [0.1, 0.15) is 34.8 Å². The van der Waals surface area contributed by atoms with Crippen molar-refractivity contribution in [3.05, 3.63) is 81.1 Å². The second-order valence-electron chi connectivity index (χ2n) is 9.43. The van der Waals surface area contributed by atoms with Crippen LogP contribution in [0, 0.1) is 38.7 Å². The van der Waals surface area contributed by atoms with Crippen molar-refractivity contribution in [3.63, 3.8) is 0 Å². The summed E-state index contributed by atoms with van der Waals surface area (Å²) in [7, 11) is 1.54. The molecule has 1 aromatic heterocycles. The average Bonchev–Trinajstić information content (AvgIpc) is 2.93. The highest BCUT2D eigenvalue weighted by molar-refractivity contribution is 14.1. The highest BCUT2D eigenvalue weighted by Crippen LogP contribution is 2.42. The molecule has 0 spiro atoms. The van der Waals surface area contributed by atoms with E-state index < -0.39 is 44.4 Å². The Bertz CT molecular complexity index is 1370. The molecular formula is C27H24F4IN3O2. The lowest BCUT2D eigenvalue weighted by Crippen LogP contribution is -2.57. The number of carbonyl (C=O) groups is 1. The van der Waals surface area contributed by atoms with E-state index in [2.05, 4.69) is 21.8 Å². The second-order valence-corrected chi connectivity index (χ2v) is 10.5. The number of pyridine rings is 1. The largest absolute Gasteiger partial charge is 0.497 e. The zero-order chi connectivity index (χ0) is 26.4. The van der Waals surface area contributed by atoms with E-state index in [1.807, 2.05) is 6.08 Å². The van der Waals surface area contributed by atoms with E-state index in [1.54, 1.807) is 37.6 Å². The summed E-state index contributed by atoms with van der Waals surface area (Å²) in [5.74, 6) is -7.07. The van der Waals surface area contributed by atoms with Gasteiger partial charge >= 0.3 is 0 Å². The van der Waals surface area contributed by atoms with Crippen molar-refractivity contribution < 1.29 is 27.1 Å². The number of ether oxygens (including phenoxy) is 1. The lowest BCUT2D eigenvalue weighted by Gasteiger charge is -2.51. The molecule has 2 aromatic carbocycles. The first kappa shape index (κ1) is 25.9. The number of aromatic nitrogens is 1. The molecule has 3 aliphatic heterocycles. The number of halogens is 5. The molecule has 37 heavy (non-hydrogen) atoms. The van der Waals surface area contributed by atoms with E-state index in [0.717, 1.165) is 31.3 Å². The maximum atomic E-state index is 14.8. The third-order valence-corrected chi connectivity index (χ3v) is 8.59. The molecule has 3 fully saturated rings. The Balaban J connectivity index is 1.62. The summed E-state index contributed by atoms with van der Waals surface area (Å²) >= 11 is 1.32. The predicted molar refractivity (Wildman–Crippen MR) is 139 cm³/mol. The SMILES string of the molecule is C=CC1CN2CCC1CC2[C@@H](NC(=O)c1c(F)c(F)c(F)c(F)c1I)c1ccnc2ccc(OC)cc12. The van der Waals surface area contributed by atoms with Crippen molar-refractivity contribution in [2.45, 2.75) is 24.9 Å². The van der Waals surface area contributed by atoms with Gasteiger partial charge in [-0.05, 0) is 83.6 Å². The van der Waals surface area contributed by atoms with Crippen LogP contribution in [-0.2, 0) is 0 Å². The molecule has 0 radical (unpaired) electrons. The second kappa shape index (κ2) is 10.2. The van der Waals surface area contributed by atoms with E-state index >= 15 is 0 Å². The molecule has 2 bridgehead atoms. The van der Waals surface area contributed by atoms with Crippen molar-refractivity contribution in [3.8, 4) is 5.75 Å². The number of benzene rings is 2. The summed E-state index contributed by atoms with van der Waals surface area (Å²) in [6.45, 7) is 5.52. The van der Waals surface area contributed by atoms with Crippen LogP contribution < -0.4 is 10.1 Å². The number of methoxy groups -OCH3 is 1. The summed E-state index contributed by atoms with van der Waals surface area (Å²) < 4.78 is 61.7. The van der Waals surface area contributed by atoms with E-state index in [0.29, 0.717) is 28.7 Å². The first-order chi connectivity index (χ1) is 17.7. The number of hydrogen-bond donors (Lipinski definition) is 1. The van der Waals surface area contributed by atoms with E-state index in [1.165, 1.54) is 22.6 Å². The van der Waals surface area contributed by atoms with Crippen LogP contribution in [0.25, 0.3) is 10.9 Å². The Hall–Kier alpha value is -2.73. The van der Waals surface area contributed by atoms with Gasteiger partial charge in [0, 0.05) is 24.2 Å². The summed E-state index contributed by atoms with van der Waals surface area (Å²) in [6, 6.07) is 6.30. The van der Waals surface area contributed by atoms with Crippen LogP contribution in [0.5, 0.6) is 5.75 Å². The molecule has 5 nitrogen and oxygen atoms in total. The zero-order valence-electron chi connectivity index (χ0n) is 19.9. The highest BCUT2D eigenvalue weighted by atomic mass is 127. The van der Waals surface area contributed by atoms with E-state index in [-0.39, 0.29) is 6.04 Å². The van der Waals surface area contributed by atoms with Crippen LogP contribution in [-0.4, -0.2) is 42.0 Å². The fourth-order valence-corrected chi connectivity index (χ4v) is 6.39. The Morgan fingerprint density at radius 2 is 1.97 bits per heavy atom. The summed E-state index contributed by atoms with van der Waals surface area (Å²) in [6.07, 6.45) is 5.30. The fourth-order valence-electron chi connectivity index (χ4n) is 5.67. The highest BCUT2D eigenvalue weighted by Gasteiger charge is 2.44. The van der Waals surface area contributed by atoms with Crippen molar-refractivity contribution >= 4 is 39.4 Å². The number of nitrogens with zero attached hydrogens (tertiary/aromatic N) is 2. The summed E-state index contributed by atoms with van der Waals surface area (Å²) in [5.41, 5.74) is 0.512. The van der Waals surface area contributed by atoms with Gasteiger partial charge in [0.05, 0.1) is 27.8 Å². The van der Waals surface area contributed by atoms with Gasteiger partial charge in [-0.1, -0.05) is 6.08 Å². The lowest BCUT2D eigenvalue weighted by atomic mass is 9.73. The molecule has 0 saturated carbocycles. The predicted octanol–water partition coefficient (Wildman–Crippen LogP) is 5.77. The minimum atomic E-state index is -2.02. The summed E-state index contributed by atoms with van der Waals surface area (Å²) in [4.78, 5) is 20.1. The maximum absolute atomic E-state index is 14.8. The van der Waals surface area contributed by atoms with Crippen LogP contribution >= 0.6 is 22.6 Å². The monoisotopic (exact) mass is 625 g/mol. The molecule has 5 atom stereocenters. The Kier molecular flexibility index (Phi) is 7.14. The van der Waals surface area contributed by atoms with Crippen LogP contribution in [0.2, 0.25) is 0 Å². The lowest BCUT2D eigenvalue weighted by molar-refractivity contribution is 0.00166. The summed E-state index contributed by atoms with van der Waals surface area (Å²) in [5, 5.41) is 3.57. The number of fused-ring (bicyclic) bond motifs is 4. The minimum Gasteiger partial charge on any atom is -0.497 e. The van der Waals surface area contributed by atoms with Crippen LogP contribution in [0.15, 0.2) is 43.1 Å². The first-order valence-electron chi connectivity index (χ1n) is 11.9. The molecule has 10 heteroatoms. The molecular weight excluding hydrogens is 601 g/mol. The third kappa shape index (κ3) is 4.47. The number of carbonyl (C=O) groups excluding carboxylic acids is 1. The van der Waals surface area contributed by atoms with Crippen molar-refractivity contribution in [1.82, 2.24) is 15.2 Å². The van der Waals surface area contributed by atoms with Crippen LogP contribution in [0.4, 0.5) is 17.6 Å². The van der Waals surface area contributed by atoms with Crippen LogP contribution in [0.3, 0.4) is 0 Å². The molecule has 1 N–H and O–H groups in total. The van der Waals surface area contributed by atoms with Gasteiger partial charge < -0.3 is 10.1 Å². The Labute approximate surface area is 225 Å². The third-order valence-electron chi connectivity index (χ3n) is 7.58. The number of rotatable bonds is 6. The molecule has 4 unspecified atom stereocenters. The van der Waals surface area contributed by atoms with Gasteiger partial charge in [0.25, 0.3) is 5.91 Å². The van der Waals surface area contributed by atoms with Gasteiger partial charge in [-0.25, -0.2) is 17.6 Å². The molecule has 6 rings (SSSR count). The van der Waals surface area contributed by atoms with Crippen molar-refractivity contribution in [2.24, 2.45) is 11.8 Å². The normalized spacial score (nSPS) is 23.6. The van der Waals surface area contributed by atoms with Crippen molar-refractivity contribution in [1.29, 1.82) is 0 Å². The Morgan fingerprint density at radius 1 is 1.22 bits per heavy atom. The topological polar surface area (TPSA) is 54.5 Å². The van der Waals surface area contributed by atoms with Crippen molar-refractivity contribution in [2.75, 3.05) is 20.2 Å². The molecule has 0 aliphatic carbocycles. The minimum absolute atomic E-state index is 0.174. The van der Waals surface area contributed by atoms with Gasteiger partial charge in [0.1, 0.15) is 5.75 Å². The first-order valence-corrected chi connectivity index (χ1v) is 12.9. The maximum Gasteiger partial charge on any atom is 0.256 e. The number of hydrogen-bond acceptors (Lipinski definition) is 4. The van der Waals surface area contributed by atoms with Gasteiger partial charge in [-0.15, -0.1) is 6.58 Å². The standard InChI is InChI=1S/C27H24F4IN3O2/c1-3-13-12-35-9-7-14(13)10-19(35)26(16-6-8-33-18-5-4-15(37-2)11-17(16)18)34-27(36)20-21(28)22(29)23(30)24(31)25(20)32/h3-6,8,11,13-14,19,26H,1,7,9-10,12H2,2H3,(H,34,36)/t13?,14?,19?,26-/m0/s1. The fraction of sp³-hybridized carbons (Fsp3) is 0.333. The van der Waals surface area contributed by atoms with Gasteiger partial charge in [-0.2, -0.15) is 0 Å².